The number of hydrogen-bond acceptors (Lipinski definition) is 4. The van der Waals surface area contributed by atoms with Crippen LogP contribution in [-0.2, 0) is 32.6 Å². The summed E-state index contributed by atoms with van der Waals surface area (Å²) < 4.78 is 28.6. The summed E-state index contributed by atoms with van der Waals surface area (Å²) in [5, 5.41) is 2.71. The minimum atomic E-state index is -3.93. The van der Waals surface area contributed by atoms with E-state index in [4.69, 9.17) is 5.73 Å². The van der Waals surface area contributed by atoms with Gasteiger partial charge in [0.15, 0.2) is 0 Å². The number of carbonyl (C=O) groups is 2. The number of hydrogen-bond donors (Lipinski definition) is 2. The molecule has 3 rings (SSSR count). The summed E-state index contributed by atoms with van der Waals surface area (Å²) in [6, 6.07) is 20.4. The van der Waals surface area contributed by atoms with E-state index >= 15 is 0 Å². The molecule has 0 fully saturated rings. The van der Waals surface area contributed by atoms with Gasteiger partial charge in [0.25, 0.3) is 0 Å². The molecule has 33 heavy (non-hydrogen) atoms. The van der Waals surface area contributed by atoms with Gasteiger partial charge in [-0.05, 0) is 54.4 Å². The van der Waals surface area contributed by atoms with Crippen LogP contribution >= 0.6 is 15.9 Å². The van der Waals surface area contributed by atoms with Crippen molar-refractivity contribution < 1.29 is 18.0 Å². The minimum Gasteiger partial charge on any atom is -0.369 e. The summed E-state index contributed by atoms with van der Waals surface area (Å²) >= 11 is 3.31. The van der Waals surface area contributed by atoms with Crippen LogP contribution < -0.4 is 11.1 Å². The molecule has 0 saturated carbocycles. The molecule has 0 aliphatic carbocycles. The highest BCUT2D eigenvalue weighted by Crippen LogP contribution is 2.21. The summed E-state index contributed by atoms with van der Waals surface area (Å²) in [7, 11) is -3.93. The molecule has 3 N–H and O–H groups in total. The average molecular weight is 530 g/mol. The molecule has 3 aromatic carbocycles. The minimum absolute atomic E-state index is 0.0453. The normalized spacial score (nSPS) is 11.4. The zero-order chi connectivity index (χ0) is 24.0. The van der Waals surface area contributed by atoms with Gasteiger partial charge >= 0.3 is 0 Å². The van der Waals surface area contributed by atoms with Crippen molar-refractivity contribution in [2.75, 3.05) is 11.9 Å². The third-order valence-electron chi connectivity index (χ3n) is 4.87. The summed E-state index contributed by atoms with van der Waals surface area (Å²) in [6.45, 7) is 1.63. The lowest BCUT2D eigenvalue weighted by molar-refractivity contribution is -0.117. The van der Waals surface area contributed by atoms with Gasteiger partial charge in [0.1, 0.15) is 0 Å². The fraction of sp³-hybridized carbons (Fsp3) is 0.167. The molecule has 0 spiro atoms. The quantitative estimate of drug-likeness (QED) is 0.441. The number of aryl methyl sites for hydroxylation is 1. The number of rotatable bonds is 9. The molecule has 9 heteroatoms. The van der Waals surface area contributed by atoms with E-state index in [1.807, 2.05) is 31.2 Å². The molecular weight excluding hydrogens is 506 g/mol. The second-order valence-electron chi connectivity index (χ2n) is 7.60. The van der Waals surface area contributed by atoms with Crippen molar-refractivity contribution in [1.29, 1.82) is 0 Å². The van der Waals surface area contributed by atoms with Crippen LogP contribution in [0.1, 0.15) is 16.7 Å². The van der Waals surface area contributed by atoms with Crippen molar-refractivity contribution in [3.05, 3.63) is 94.0 Å². The fourth-order valence-corrected chi connectivity index (χ4v) is 4.80. The molecule has 0 aromatic heterocycles. The first-order chi connectivity index (χ1) is 15.6. The Morgan fingerprint density at radius 2 is 1.48 bits per heavy atom. The zero-order valence-corrected chi connectivity index (χ0v) is 20.4. The lowest BCUT2D eigenvalue weighted by atomic mass is 10.1. The Morgan fingerprint density at radius 3 is 2.06 bits per heavy atom. The van der Waals surface area contributed by atoms with E-state index in [9.17, 15) is 18.0 Å². The van der Waals surface area contributed by atoms with E-state index in [1.165, 1.54) is 12.1 Å². The molecule has 2 amide bonds. The fourth-order valence-electron chi connectivity index (χ4n) is 3.15. The first-order valence-corrected chi connectivity index (χ1v) is 12.3. The number of sulfonamides is 1. The number of primary amides is 1. The number of benzene rings is 3. The lowest BCUT2D eigenvalue weighted by Gasteiger charge is -2.22. The lowest BCUT2D eigenvalue weighted by Crippen LogP contribution is -2.37. The van der Waals surface area contributed by atoms with E-state index in [0.29, 0.717) is 5.69 Å². The summed E-state index contributed by atoms with van der Waals surface area (Å²) in [5.41, 5.74) is 8.23. The van der Waals surface area contributed by atoms with Crippen LogP contribution in [0.3, 0.4) is 0 Å². The Kier molecular flexibility index (Phi) is 8.01. The molecule has 0 heterocycles. The first kappa shape index (κ1) is 24.6. The summed E-state index contributed by atoms with van der Waals surface area (Å²) in [6.07, 6.45) is 0.101. The van der Waals surface area contributed by atoms with E-state index in [2.05, 4.69) is 21.2 Å². The number of nitrogens with zero attached hydrogens (tertiary/aromatic N) is 1. The third-order valence-corrected chi connectivity index (χ3v) is 7.20. The molecule has 0 unspecified atom stereocenters. The van der Waals surface area contributed by atoms with Gasteiger partial charge in [-0.2, -0.15) is 4.31 Å². The second-order valence-corrected chi connectivity index (χ2v) is 10.5. The number of carbonyl (C=O) groups excluding carboxylic acids is 2. The Bertz CT molecular complexity index is 1230. The van der Waals surface area contributed by atoms with Gasteiger partial charge in [0, 0.05) is 16.7 Å². The van der Waals surface area contributed by atoms with Crippen LogP contribution in [-0.4, -0.2) is 31.1 Å². The van der Waals surface area contributed by atoms with Crippen molar-refractivity contribution in [3.63, 3.8) is 0 Å². The summed E-state index contributed by atoms with van der Waals surface area (Å²) in [5.74, 6) is -0.929. The van der Waals surface area contributed by atoms with Crippen molar-refractivity contribution in [2.45, 2.75) is 24.8 Å². The van der Waals surface area contributed by atoms with Crippen LogP contribution in [0.2, 0.25) is 0 Å². The van der Waals surface area contributed by atoms with E-state index in [0.717, 1.165) is 25.5 Å². The largest absolute Gasteiger partial charge is 0.369 e. The van der Waals surface area contributed by atoms with Crippen molar-refractivity contribution >= 4 is 43.5 Å². The van der Waals surface area contributed by atoms with Crippen LogP contribution in [0.15, 0.2) is 82.2 Å². The van der Waals surface area contributed by atoms with Gasteiger partial charge < -0.3 is 11.1 Å². The maximum absolute atomic E-state index is 13.3. The summed E-state index contributed by atoms with van der Waals surface area (Å²) in [4.78, 5) is 23.9. The highest BCUT2D eigenvalue weighted by molar-refractivity contribution is 9.10. The van der Waals surface area contributed by atoms with E-state index < -0.39 is 21.8 Å². The Labute approximate surface area is 201 Å². The topological polar surface area (TPSA) is 110 Å². The van der Waals surface area contributed by atoms with Crippen LogP contribution in [0.4, 0.5) is 5.69 Å². The van der Waals surface area contributed by atoms with Gasteiger partial charge in [0.05, 0.1) is 17.9 Å². The molecular formula is C24H24BrN3O4S. The number of anilines is 1. The van der Waals surface area contributed by atoms with Crippen molar-refractivity contribution in [3.8, 4) is 0 Å². The molecule has 3 aromatic rings. The molecule has 0 bridgehead atoms. The Balaban J connectivity index is 1.81. The maximum Gasteiger partial charge on any atom is 0.243 e. The van der Waals surface area contributed by atoms with Crippen molar-refractivity contribution in [1.82, 2.24) is 4.31 Å². The number of amides is 2. The molecule has 0 radical (unpaired) electrons. The molecule has 0 aliphatic rings. The smallest absolute Gasteiger partial charge is 0.243 e. The highest BCUT2D eigenvalue weighted by Gasteiger charge is 2.27. The zero-order valence-electron chi connectivity index (χ0n) is 18.0. The molecule has 0 aliphatic heterocycles. The van der Waals surface area contributed by atoms with Crippen LogP contribution in [0, 0.1) is 6.92 Å². The van der Waals surface area contributed by atoms with Gasteiger partial charge in [-0.1, -0.05) is 57.9 Å². The molecule has 7 nitrogen and oxygen atoms in total. The second kappa shape index (κ2) is 10.7. The highest BCUT2D eigenvalue weighted by atomic mass is 79.9. The van der Waals surface area contributed by atoms with Gasteiger partial charge in [0.2, 0.25) is 21.8 Å². The monoisotopic (exact) mass is 529 g/mol. The van der Waals surface area contributed by atoms with Gasteiger partial charge in [-0.3, -0.25) is 9.59 Å². The SMILES string of the molecule is Cc1ccc(CN(CC(=O)Nc2ccc(CC(N)=O)cc2)S(=O)(=O)c2ccc(Br)cc2)cc1. The molecule has 172 valence electrons. The number of nitrogens with two attached hydrogens (primary N) is 1. The molecule has 0 atom stereocenters. The van der Waals surface area contributed by atoms with E-state index in [1.54, 1.807) is 36.4 Å². The first-order valence-electron chi connectivity index (χ1n) is 10.1. The predicted molar refractivity (Wildman–Crippen MR) is 131 cm³/mol. The molecule has 0 saturated heterocycles. The predicted octanol–water partition coefficient (Wildman–Crippen LogP) is 3.61. The number of halogens is 1. The van der Waals surface area contributed by atoms with Gasteiger partial charge in [-0.25, -0.2) is 8.42 Å². The van der Waals surface area contributed by atoms with E-state index in [-0.39, 0.29) is 24.4 Å². The van der Waals surface area contributed by atoms with Crippen LogP contribution in [0.25, 0.3) is 0 Å². The maximum atomic E-state index is 13.3. The standard InChI is InChI=1S/C24H24BrN3O4S/c1-17-2-4-19(5-3-17)15-28(33(31,32)22-12-8-20(25)9-13-22)16-24(30)27-21-10-6-18(7-11-21)14-23(26)29/h2-13H,14-16H2,1H3,(H2,26,29)(H,27,30). The Hall–Kier alpha value is -3.01. The number of nitrogens with one attached hydrogen (secondary N) is 1. The van der Waals surface area contributed by atoms with Crippen LogP contribution in [0.5, 0.6) is 0 Å². The van der Waals surface area contributed by atoms with Gasteiger partial charge in [-0.15, -0.1) is 0 Å². The average Bonchev–Trinajstić information content (AvgIpc) is 2.76. The Morgan fingerprint density at radius 1 is 0.909 bits per heavy atom. The van der Waals surface area contributed by atoms with Crippen molar-refractivity contribution in [2.24, 2.45) is 5.73 Å². The third kappa shape index (κ3) is 6.98.